The van der Waals surface area contributed by atoms with E-state index in [4.69, 9.17) is 0 Å². The second-order valence-electron chi connectivity index (χ2n) is 7.91. The number of piperazine rings is 1. The minimum Gasteiger partial charge on any atom is -0.347 e. The van der Waals surface area contributed by atoms with Crippen molar-refractivity contribution >= 4 is 10.9 Å². The third-order valence-electron chi connectivity index (χ3n) is 5.92. The highest BCUT2D eigenvalue weighted by molar-refractivity contribution is 5.82. The van der Waals surface area contributed by atoms with Crippen LogP contribution in [0, 0.1) is 0 Å². The van der Waals surface area contributed by atoms with Gasteiger partial charge in [0.05, 0.1) is 16.9 Å². The van der Waals surface area contributed by atoms with Crippen LogP contribution in [-0.4, -0.2) is 66.8 Å². The summed E-state index contributed by atoms with van der Waals surface area (Å²) in [5, 5.41) is 9.10. The van der Waals surface area contributed by atoms with Gasteiger partial charge >= 0.3 is 0 Å². The standard InChI is InChI=1S/C23H27N7/c1-2-8-24-21(4-1)17-28-14-12-27(13-15-28)9-3-10-29-11-7-20-5-6-22(16-23(20)29)30-18-25-26-19-30/h1-2,4-8,11,16,18-19H,3,9-10,12-15,17H2. The Balaban J connectivity index is 1.13. The largest absolute Gasteiger partial charge is 0.347 e. The maximum absolute atomic E-state index is 4.45. The number of fused-ring (bicyclic) bond motifs is 1. The van der Waals surface area contributed by atoms with Gasteiger partial charge in [-0.25, -0.2) is 0 Å². The van der Waals surface area contributed by atoms with Gasteiger partial charge in [-0.1, -0.05) is 12.1 Å². The summed E-state index contributed by atoms with van der Waals surface area (Å²) in [6.07, 6.45) is 8.71. The number of hydrogen-bond donors (Lipinski definition) is 0. The molecule has 0 saturated carbocycles. The Morgan fingerprint density at radius 1 is 0.833 bits per heavy atom. The Morgan fingerprint density at radius 2 is 1.67 bits per heavy atom. The second kappa shape index (κ2) is 8.77. The molecule has 1 aromatic carbocycles. The fourth-order valence-corrected chi connectivity index (χ4v) is 4.22. The molecule has 0 bridgehead atoms. The number of pyridine rings is 1. The van der Waals surface area contributed by atoms with E-state index in [-0.39, 0.29) is 0 Å². The number of aromatic nitrogens is 5. The Bertz CT molecular complexity index is 1060. The summed E-state index contributed by atoms with van der Waals surface area (Å²) in [4.78, 5) is 9.54. The van der Waals surface area contributed by atoms with Crippen molar-refractivity contribution in [2.45, 2.75) is 19.5 Å². The van der Waals surface area contributed by atoms with Gasteiger partial charge in [0, 0.05) is 51.7 Å². The van der Waals surface area contributed by atoms with Crippen LogP contribution in [0.5, 0.6) is 0 Å². The van der Waals surface area contributed by atoms with Gasteiger partial charge in [-0.15, -0.1) is 10.2 Å². The van der Waals surface area contributed by atoms with Crippen LogP contribution in [0.4, 0.5) is 0 Å². The first kappa shape index (κ1) is 19.0. The first-order valence-electron chi connectivity index (χ1n) is 10.6. The van der Waals surface area contributed by atoms with Gasteiger partial charge in [-0.3, -0.25) is 14.5 Å². The van der Waals surface area contributed by atoms with Crippen LogP contribution in [-0.2, 0) is 13.1 Å². The van der Waals surface area contributed by atoms with Crippen molar-refractivity contribution in [1.82, 2.24) is 34.1 Å². The molecule has 4 heterocycles. The molecule has 3 aromatic heterocycles. The average Bonchev–Trinajstić information content (AvgIpc) is 3.46. The SMILES string of the molecule is c1ccc(CN2CCN(CCCn3ccc4ccc(-n5cnnc5)cc43)CC2)nc1. The smallest absolute Gasteiger partial charge is 0.123 e. The summed E-state index contributed by atoms with van der Waals surface area (Å²) < 4.78 is 4.31. The second-order valence-corrected chi connectivity index (χ2v) is 7.91. The molecule has 0 aliphatic carbocycles. The molecular weight excluding hydrogens is 374 g/mol. The summed E-state index contributed by atoms with van der Waals surface area (Å²) in [6, 6.07) is 14.9. The molecule has 0 amide bonds. The highest BCUT2D eigenvalue weighted by atomic mass is 15.3. The predicted molar refractivity (Wildman–Crippen MR) is 117 cm³/mol. The zero-order chi connectivity index (χ0) is 20.2. The van der Waals surface area contributed by atoms with Crippen LogP contribution in [0.15, 0.2) is 67.5 Å². The lowest BCUT2D eigenvalue weighted by molar-refractivity contribution is 0.124. The fourth-order valence-electron chi connectivity index (χ4n) is 4.22. The maximum Gasteiger partial charge on any atom is 0.123 e. The van der Waals surface area contributed by atoms with Crippen molar-refractivity contribution in [2.24, 2.45) is 0 Å². The number of aryl methyl sites for hydroxylation is 1. The quantitative estimate of drug-likeness (QED) is 0.477. The van der Waals surface area contributed by atoms with Gasteiger partial charge < -0.3 is 9.47 Å². The molecule has 30 heavy (non-hydrogen) atoms. The summed E-state index contributed by atoms with van der Waals surface area (Å²) >= 11 is 0. The van der Waals surface area contributed by atoms with Crippen LogP contribution in [0.2, 0.25) is 0 Å². The van der Waals surface area contributed by atoms with Crippen molar-refractivity contribution in [1.29, 1.82) is 0 Å². The number of hydrogen-bond acceptors (Lipinski definition) is 5. The Hall–Kier alpha value is -3.03. The topological polar surface area (TPSA) is 55.0 Å². The first-order valence-corrected chi connectivity index (χ1v) is 10.6. The average molecular weight is 402 g/mol. The fraction of sp³-hybridized carbons (Fsp3) is 0.348. The zero-order valence-corrected chi connectivity index (χ0v) is 17.1. The van der Waals surface area contributed by atoms with Gasteiger partial charge in [-0.2, -0.15) is 0 Å². The lowest BCUT2D eigenvalue weighted by Crippen LogP contribution is -2.46. The van der Waals surface area contributed by atoms with E-state index in [9.17, 15) is 0 Å². The molecule has 0 radical (unpaired) electrons. The van der Waals surface area contributed by atoms with E-state index >= 15 is 0 Å². The first-order chi connectivity index (χ1) is 14.8. The number of nitrogens with zero attached hydrogens (tertiary/aromatic N) is 7. The van der Waals surface area contributed by atoms with Crippen LogP contribution in [0.1, 0.15) is 12.1 Å². The van der Waals surface area contributed by atoms with E-state index in [0.29, 0.717) is 0 Å². The van der Waals surface area contributed by atoms with Crippen molar-refractivity contribution in [3.05, 3.63) is 73.2 Å². The van der Waals surface area contributed by atoms with Crippen LogP contribution < -0.4 is 0 Å². The summed E-state index contributed by atoms with van der Waals surface area (Å²) in [5.74, 6) is 0. The zero-order valence-electron chi connectivity index (χ0n) is 17.1. The molecule has 1 fully saturated rings. The highest BCUT2D eigenvalue weighted by Gasteiger charge is 2.17. The lowest BCUT2D eigenvalue weighted by Gasteiger charge is -2.34. The van der Waals surface area contributed by atoms with Crippen molar-refractivity contribution < 1.29 is 0 Å². The molecule has 5 rings (SSSR count). The molecule has 1 saturated heterocycles. The Labute approximate surface area is 176 Å². The Kier molecular flexibility index (Phi) is 5.54. The molecular formula is C23H27N7. The van der Waals surface area contributed by atoms with E-state index in [1.165, 1.54) is 10.9 Å². The van der Waals surface area contributed by atoms with Crippen LogP contribution in [0.25, 0.3) is 16.6 Å². The van der Waals surface area contributed by atoms with Crippen LogP contribution in [0.3, 0.4) is 0 Å². The van der Waals surface area contributed by atoms with E-state index in [2.05, 4.69) is 72.1 Å². The minimum atomic E-state index is 0.957. The van der Waals surface area contributed by atoms with Gasteiger partial charge in [0.15, 0.2) is 0 Å². The molecule has 0 unspecified atom stereocenters. The van der Waals surface area contributed by atoms with E-state index in [1.54, 1.807) is 12.7 Å². The van der Waals surface area contributed by atoms with Crippen molar-refractivity contribution in [2.75, 3.05) is 32.7 Å². The maximum atomic E-state index is 4.45. The molecule has 7 nitrogen and oxygen atoms in total. The summed E-state index contributed by atoms with van der Waals surface area (Å²) in [5.41, 5.74) is 3.52. The van der Waals surface area contributed by atoms with Crippen LogP contribution >= 0.6 is 0 Å². The van der Waals surface area contributed by atoms with Crippen molar-refractivity contribution in [3.63, 3.8) is 0 Å². The van der Waals surface area contributed by atoms with E-state index in [0.717, 1.165) is 63.6 Å². The molecule has 0 N–H and O–H groups in total. The highest BCUT2D eigenvalue weighted by Crippen LogP contribution is 2.20. The van der Waals surface area contributed by atoms with E-state index < -0.39 is 0 Å². The Morgan fingerprint density at radius 3 is 2.47 bits per heavy atom. The summed E-state index contributed by atoms with van der Waals surface area (Å²) in [7, 11) is 0. The summed E-state index contributed by atoms with van der Waals surface area (Å²) in [6.45, 7) is 7.63. The van der Waals surface area contributed by atoms with Gasteiger partial charge in [0.1, 0.15) is 12.7 Å². The van der Waals surface area contributed by atoms with Crippen molar-refractivity contribution in [3.8, 4) is 5.69 Å². The number of benzene rings is 1. The van der Waals surface area contributed by atoms with E-state index in [1.807, 2.05) is 16.8 Å². The normalized spacial score (nSPS) is 15.7. The molecule has 0 atom stereocenters. The predicted octanol–water partition coefficient (Wildman–Crippen LogP) is 2.82. The molecule has 1 aliphatic rings. The third kappa shape index (κ3) is 4.27. The lowest BCUT2D eigenvalue weighted by atomic mass is 10.2. The minimum absolute atomic E-state index is 0.957. The molecule has 1 aliphatic heterocycles. The van der Waals surface area contributed by atoms with Gasteiger partial charge in [0.25, 0.3) is 0 Å². The third-order valence-corrected chi connectivity index (χ3v) is 5.92. The molecule has 0 spiro atoms. The monoisotopic (exact) mass is 401 g/mol. The number of rotatable bonds is 7. The van der Waals surface area contributed by atoms with Gasteiger partial charge in [0.2, 0.25) is 0 Å². The van der Waals surface area contributed by atoms with Gasteiger partial charge in [-0.05, 0) is 48.7 Å². The molecule has 7 heteroatoms. The molecule has 4 aromatic rings. The molecule has 154 valence electrons.